The van der Waals surface area contributed by atoms with Crippen molar-refractivity contribution < 1.29 is 8.42 Å². The molecule has 0 N–H and O–H groups in total. The second-order valence-corrected chi connectivity index (χ2v) is 9.99. The topological polar surface area (TPSA) is 69.0 Å². The molecule has 3 heterocycles. The minimum atomic E-state index is -3.24. The van der Waals surface area contributed by atoms with Crippen LogP contribution in [0.2, 0.25) is 0 Å². The molecule has 0 unspecified atom stereocenters. The van der Waals surface area contributed by atoms with Crippen LogP contribution in [-0.2, 0) is 22.8 Å². The zero-order valence-electron chi connectivity index (χ0n) is 16.2. The summed E-state index contributed by atoms with van der Waals surface area (Å²) in [5.74, 6) is 6.29. The van der Waals surface area contributed by atoms with E-state index >= 15 is 0 Å². The van der Waals surface area contributed by atoms with Crippen molar-refractivity contribution in [2.75, 3.05) is 6.26 Å². The van der Waals surface area contributed by atoms with Crippen LogP contribution >= 0.6 is 11.3 Å². The maximum Gasteiger partial charge on any atom is 0.259 e. The van der Waals surface area contributed by atoms with Crippen LogP contribution in [0.15, 0.2) is 76.8 Å². The van der Waals surface area contributed by atoms with Gasteiger partial charge in [-0.15, -0.1) is 11.3 Å². The molecule has 4 rings (SSSR count). The Kier molecular flexibility index (Phi) is 5.53. The summed E-state index contributed by atoms with van der Waals surface area (Å²) in [4.78, 5) is 18.0. The minimum absolute atomic E-state index is 0.0851. The lowest BCUT2D eigenvalue weighted by atomic mass is 10.2. The average molecular weight is 435 g/mol. The Bertz CT molecular complexity index is 1420. The van der Waals surface area contributed by atoms with Gasteiger partial charge in [-0.25, -0.2) is 8.42 Å². The number of aromatic nitrogens is 2. The number of hydrogen-bond donors (Lipinski definition) is 0. The van der Waals surface area contributed by atoms with Gasteiger partial charge in [0.05, 0.1) is 21.7 Å². The molecule has 4 aromatic rings. The Morgan fingerprint density at radius 1 is 1.03 bits per heavy atom. The fourth-order valence-corrected chi connectivity index (χ4v) is 4.59. The molecule has 0 radical (unpaired) electrons. The number of rotatable bonds is 4. The van der Waals surface area contributed by atoms with Gasteiger partial charge in [-0.3, -0.25) is 9.78 Å². The van der Waals surface area contributed by atoms with E-state index in [2.05, 4.69) is 16.8 Å². The molecule has 0 fully saturated rings. The summed E-state index contributed by atoms with van der Waals surface area (Å²) in [5, 5.41) is 0.642. The van der Waals surface area contributed by atoms with Crippen molar-refractivity contribution in [3.05, 3.63) is 93.5 Å². The molecule has 150 valence electrons. The van der Waals surface area contributed by atoms with Crippen LogP contribution in [0.25, 0.3) is 10.1 Å². The van der Waals surface area contributed by atoms with E-state index in [4.69, 9.17) is 0 Å². The quantitative estimate of drug-likeness (QED) is 0.461. The van der Waals surface area contributed by atoms with Crippen molar-refractivity contribution in [1.82, 2.24) is 9.55 Å². The lowest BCUT2D eigenvalue weighted by Gasteiger charge is -2.07. The Morgan fingerprint density at radius 2 is 1.77 bits per heavy atom. The van der Waals surface area contributed by atoms with Crippen LogP contribution in [0.1, 0.15) is 16.0 Å². The van der Waals surface area contributed by atoms with Crippen LogP contribution in [0, 0.1) is 11.8 Å². The summed E-state index contributed by atoms with van der Waals surface area (Å²) < 4.78 is 25.7. The summed E-state index contributed by atoms with van der Waals surface area (Å²) in [7, 11) is -3.24. The van der Waals surface area contributed by atoms with Gasteiger partial charge in [-0.05, 0) is 47.5 Å². The van der Waals surface area contributed by atoms with E-state index in [0.29, 0.717) is 18.4 Å². The molecule has 0 bridgehead atoms. The fourth-order valence-electron chi connectivity index (χ4n) is 3.04. The van der Waals surface area contributed by atoms with Crippen molar-refractivity contribution in [3.63, 3.8) is 0 Å². The maximum absolute atomic E-state index is 12.9. The molecular weight excluding hydrogens is 416 g/mol. The number of sulfone groups is 1. The highest BCUT2D eigenvalue weighted by Crippen LogP contribution is 2.22. The molecule has 0 spiro atoms. The first-order chi connectivity index (χ1) is 14.4. The van der Waals surface area contributed by atoms with Gasteiger partial charge >= 0.3 is 0 Å². The number of benzene rings is 1. The number of nitrogens with zero attached hydrogens (tertiary/aromatic N) is 2. The van der Waals surface area contributed by atoms with Gasteiger partial charge in [0.15, 0.2) is 9.84 Å². The van der Waals surface area contributed by atoms with E-state index in [-0.39, 0.29) is 10.5 Å². The number of pyridine rings is 2. The van der Waals surface area contributed by atoms with Gasteiger partial charge in [0.25, 0.3) is 5.56 Å². The third-order valence-corrected chi connectivity index (χ3v) is 6.76. The van der Waals surface area contributed by atoms with Crippen molar-refractivity contribution in [2.24, 2.45) is 0 Å². The molecule has 0 aliphatic heterocycles. The van der Waals surface area contributed by atoms with Crippen molar-refractivity contribution in [2.45, 2.75) is 17.9 Å². The largest absolute Gasteiger partial charge is 0.311 e. The smallest absolute Gasteiger partial charge is 0.259 e. The predicted octanol–water partition coefficient (Wildman–Crippen LogP) is 3.50. The molecule has 5 nitrogen and oxygen atoms in total. The number of hydrogen-bond acceptors (Lipinski definition) is 5. The molecule has 0 saturated carbocycles. The Hall–Kier alpha value is -3.21. The van der Waals surface area contributed by atoms with Crippen LogP contribution in [-0.4, -0.2) is 24.2 Å². The minimum Gasteiger partial charge on any atom is -0.311 e. The van der Waals surface area contributed by atoms with Crippen LogP contribution in [0.3, 0.4) is 0 Å². The molecule has 30 heavy (non-hydrogen) atoms. The molecule has 0 amide bonds. The first-order valence-electron chi connectivity index (χ1n) is 9.20. The Morgan fingerprint density at radius 3 is 2.47 bits per heavy atom. The first-order valence-corrected chi connectivity index (χ1v) is 11.9. The van der Waals surface area contributed by atoms with Crippen molar-refractivity contribution in [3.8, 4) is 11.8 Å². The molecule has 0 saturated heterocycles. The molecule has 0 atom stereocenters. The second kappa shape index (κ2) is 8.27. The van der Waals surface area contributed by atoms with Crippen LogP contribution in [0.4, 0.5) is 0 Å². The Labute approximate surface area is 178 Å². The lowest BCUT2D eigenvalue weighted by molar-refractivity contribution is 0.602. The number of fused-ring (bicyclic) bond motifs is 1. The number of thiophene rings is 1. The van der Waals surface area contributed by atoms with Crippen LogP contribution < -0.4 is 5.56 Å². The third kappa shape index (κ3) is 4.51. The average Bonchev–Trinajstić information content (AvgIpc) is 3.15. The Balaban J connectivity index is 1.56. The SMILES string of the molecule is CS(=O)(=O)c1ccc(Cn2ccc3sc(C#CCc4ccncc4)cc3c2=O)cc1. The maximum atomic E-state index is 12.9. The van der Waals surface area contributed by atoms with Gasteiger partial charge < -0.3 is 4.57 Å². The molecular formula is C23H18N2O3S2. The van der Waals surface area contributed by atoms with Gasteiger partial charge in [0.2, 0.25) is 0 Å². The summed E-state index contributed by atoms with van der Waals surface area (Å²) in [6, 6.07) is 14.2. The van der Waals surface area contributed by atoms with Gasteiger partial charge in [-0.2, -0.15) is 0 Å². The normalized spacial score (nSPS) is 11.2. The third-order valence-electron chi connectivity index (χ3n) is 4.62. The molecule has 7 heteroatoms. The van der Waals surface area contributed by atoms with E-state index in [1.165, 1.54) is 17.6 Å². The monoisotopic (exact) mass is 434 g/mol. The highest BCUT2D eigenvalue weighted by Gasteiger charge is 2.09. The molecule has 0 aliphatic rings. The van der Waals surface area contributed by atoms with Gasteiger partial charge in [0.1, 0.15) is 0 Å². The summed E-state index contributed by atoms with van der Waals surface area (Å²) in [6.07, 6.45) is 7.06. The summed E-state index contributed by atoms with van der Waals surface area (Å²) in [5.41, 5.74) is 1.87. The standard InChI is InChI=1S/C23H18N2O3S2/c1-30(27,28)20-7-5-18(6-8-20)16-25-14-11-22-21(23(25)26)15-19(29-22)4-2-3-17-9-12-24-13-10-17/h5-15H,3,16H2,1H3. The molecule has 3 aromatic heterocycles. The summed E-state index contributed by atoms with van der Waals surface area (Å²) in [6.45, 7) is 0.373. The zero-order chi connectivity index (χ0) is 21.1. The van der Waals surface area contributed by atoms with E-state index < -0.39 is 9.84 Å². The van der Waals surface area contributed by atoms with Crippen LogP contribution in [0.5, 0.6) is 0 Å². The highest BCUT2D eigenvalue weighted by molar-refractivity contribution is 7.90. The summed E-state index contributed by atoms with van der Waals surface area (Å²) >= 11 is 1.50. The van der Waals surface area contributed by atoms with E-state index in [0.717, 1.165) is 20.7 Å². The second-order valence-electron chi connectivity index (χ2n) is 6.89. The van der Waals surface area contributed by atoms with E-state index in [1.807, 2.05) is 24.3 Å². The van der Waals surface area contributed by atoms with Gasteiger partial charge in [-0.1, -0.05) is 24.0 Å². The van der Waals surface area contributed by atoms with Crippen molar-refractivity contribution >= 4 is 31.3 Å². The highest BCUT2D eigenvalue weighted by atomic mass is 32.2. The molecule has 0 aliphatic carbocycles. The zero-order valence-corrected chi connectivity index (χ0v) is 17.8. The predicted molar refractivity (Wildman–Crippen MR) is 120 cm³/mol. The lowest BCUT2D eigenvalue weighted by Crippen LogP contribution is -2.19. The van der Waals surface area contributed by atoms with E-state index in [9.17, 15) is 13.2 Å². The van der Waals surface area contributed by atoms with E-state index in [1.54, 1.807) is 47.4 Å². The first kappa shape index (κ1) is 20.1. The van der Waals surface area contributed by atoms with Crippen molar-refractivity contribution in [1.29, 1.82) is 0 Å². The molecule has 1 aromatic carbocycles. The fraction of sp³-hybridized carbons (Fsp3) is 0.130. The van der Waals surface area contributed by atoms with Gasteiger partial charge in [0, 0.05) is 36.0 Å².